The van der Waals surface area contributed by atoms with Crippen molar-refractivity contribution in [3.05, 3.63) is 29.8 Å². The molecule has 0 bridgehead atoms. The summed E-state index contributed by atoms with van der Waals surface area (Å²) in [5.74, 6) is -0.467. The predicted molar refractivity (Wildman–Crippen MR) is 75.1 cm³/mol. The number of hydrogen-bond donors (Lipinski definition) is 1. The maximum atomic E-state index is 11.2. The summed E-state index contributed by atoms with van der Waals surface area (Å²) in [6, 6.07) is 7.45. The van der Waals surface area contributed by atoms with E-state index < -0.39 is 11.9 Å². The van der Waals surface area contributed by atoms with Crippen molar-refractivity contribution < 1.29 is 24.1 Å². The standard InChI is InChI=1S/C15H22O5/c1-18-9-10-20-8-7-13(15(16)17)11-12-3-5-14(19-2)6-4-12/h3-6,13H,7-11H2,1-2H3,(H,16,17). The van der Waals surface area contributed by atoms with Crippen LogP contribution in [0.5, 0.6) is 5.75 Å². The highest BCUT2D eigenvalue weighted by Crippen LogP contribution is 2.17. The van der Waals surface area contributed by atoms with Gasteiger partial charge in [-0.05, 0) is 30.5 Å². The Bertz CT molecular complexity index is 388. The summed E-state index contributed by atoms with van der Waals surface area (Å²) in [6.07, 6.45) is 0.984. The van der Waals surface area contributed by atoms with Crippen LogP contribution in [0.2, 0.25) is 0 Å². The highest BCUT2D eigenvalue weighted by molar-refractivity contribution is 5.70. The van der Waals surface area contributed by atoms with Crippen LogP contribution < -0.4 is 4.74 Å². The lowest BCUT2D eigenvalue weighted by Gasteiger charge is -2.13. The third-order valence-corrected chi connectivity index (χ3v) is 3.03. The lowest BCUT2D eigenvalue weighted by molar-refractivity contribution is -0.142. The molecule has 5 nitrogen and oxygen atoms in total. The molecule has 0 fully saturated rings. The number of carbonyl (C=O) groups is 1. The van der Waals surface area contributed by atoms with Crippen LogP contribution in [-0.4, -0.2) is 45.1 Å². The monoisotopic (exact) mass is 282 g/mol. The van der Waals surface area contributed by atoms with Crippen LogP contribution in [0.4, 0.5) is 0 Å². The van der Waals surface area contributed by atoms with E-state index in [9.17, 15) is 9.90 Å². The van der Waals surface area contributed by atoms with E-state index in [1.807, 2.05) is 24.3 Å². The number of aliphatic carboxylic acids is 1. The zero-order valence-electron chi connectivity index (χ0n) is 12.0. The third kappa shape index (κ3) is 6.04. The summed E-state index contributed by atoms with van der Waals surface area (Å²) in [7, 11) is 3.21. The van der Waals surface area contributed by atoms with Crippen molar-refractivity contribution in [2.45, 2.75) is 12.8 Å². The molecule has 20 heavy (non-hydrogen) atoms. The molecular formula is C15H22O5. The van der Waals surface area contributed by atoms with E-state index in [-0.39, 0.29) is 0 Å². The van der Waals surface area contributed by atoms with Crippen LogP contribution >= 0.6 is 0 Å². The number of benzene rings is 1. The van der Waals surface area contributed by atoms with Crippen LogP contribution in [-0.2, 0) is 20.7 Å². The van der Waals surface area contributed by atoms with Gasteiger partial charge in [0.25, 0.3) is 0 Å². The van der Waals surface area contributed by atoms with Gasteiger partial charge in [0.05, 0.1) is 26.2 Å². The van der Waals surface area contributed by atoms with Gasteiger partial charge in [-0.1, -0.05) is 12.1 Å². The SMILES string of the molecule is COCCOCCC(Cc1ccc(OC)cc1)C(=O)O. The van der Waals surface area contributed by atoms with Gasteiger partial charge in [0.1, 0.15) is 5.75 Å². The Morgan fingerprint density at radius 1 is 1.15 bits per heavy atom. The first-order valence-electron chi connectivity index (χ1n) is 6.59. The molecule has 0 aliphatic carbocycles. The Morgan fingerprint density at radius 3 is 2.40 bits per heavy atom. The fourth-order valence-electron chi connectivity index (χ4n) is 1.83. The van der Waals surface area contributed by atoms with E-state index in [4.69, 9.17) is 14.2 Å². The Balaban J connectivity index is 2.43. The Morgan fingerprint density at radius 2 is 1.85 bits per heavy atom. The van der Waals surface area contributed by atoms with Crippen LogP contribution in [0.25, 0.3) is 0 Å². The second kappa shape index (κ2) is 9.34. The van der Waals surface area contributed by atoms with Gasteiger partial charge in [0, 0.05) is 13.7 Å². The van der Waals surface area contributed by atoms with E-state index in [1.165, 1.54) is 0 Å². The van der Waals surface area contributed by atoms with Crippen LogP contribution in [0.3, 0.4) is 0 Å². The van der Waals surface area contributed by atoms with Crippen molar-refractivity contribution in [2.75, 3.05) is 34.0 Å². The second-order valence-corrected chi connectivity index (χ2v) is 4.48. The molecule has 112 valence electrons. The summed E-state index contributed by atoms with van der Waals surface area (Å²) >= 11 is 0. The topological polar surface area (TPSA) is 65.0 Å². The molecule has 0 aliphatic rings. The summed E-state index contributed by atoms with van der Waals surface area (Å²) in [6.45, 7) is 1.44. The van der Waals surface area contributed by atoms with Crippen molar-refractivity contribution in [2.24, 2.45) is 5.92 Å². The molecule has 1 atom stereocenters. The summed E-state index contributed by atoms with van der Waals surface area (Å²) in [5.41, 5.74) is 0.982. The molecule has 5 heteroatoms. The van der Waals surface area contributed by atoms with Crippen LogP contribution in [0.1, 0.15) is 12.0 Å². The Kier molecular flexibility index (Phi) is 7.69. The molecule has 1 rings (SSSR count). The molecule has 1 aromatic carbocycles. The zero-order valence-corrected chi connectivity index (χ0v) is 12.0. The van der Waals surface area contributed by atoms with Crippen molar-refractivity contribution >= 4 is 5.97 Å². The van der Waals surface area contributed by atoms with E-state index in [2.05, 4.69) is 0 Å². The number of methoxy groups -OCH3 is 2. The van der Waals surface area contributed by atoms with Gasteiger partial charge in [-0.25, -0.2) is 0 Å². The molecule has 0 heterocycles. The van der Waals surface area contributed by atoms with Gasteiger partial charge < -0.3 is 19.3 Å². The number of ether oxygens (including phenoxy) is 3. The normalized spacial score (nSPS) is 12.1. The molecule has 0 saturated carbocycles. The van der Waals surface area contributed by atoms with Gasteiger partial charge in [-0.15, -0.1) is 0 Å². The average molecular weight is 282 g/mol. The fourth-order valence-corrected chi connectivity index (χ4v) is 1.83. The van der Waals surface area contributed by atoms with Gasteiger partial charge in [-0.3, -0.25) is 4.79 Å². The lowest BCUT2D eigenvalue weighted by atomic mass is 9.96. The first-order chi connectivity index (χ1) is 9.67. The van der Waals surface area contributed by atoms with Crippen LogP contribution in [0, 0.1) is 5.92 Å². The third-order valence-electron chi connectivity index (χ3n) is 3.03. The minimum absolute atomic E-state index is 0.427. The minimum Gasteiger partial charge on any atom is -0.497 e. The minimum atomic E-state index is -0.795. The van der Waals surface area contributed by atoms with Crippen molar-refractivity contribution in [1.82, 2.24) is 0 Å². The molecular weight excluding hydrogens is 260 g/mol. The molecule has 0 amide bonds. The van der Waals surface area contributed by atoms with E-state index in [0.717, 1.165) is 11.3 Å². The highest BCUT2D eigenvalue weighted by Gasteiger charge is 2.17. The number of carboxylic acid groups (broad SMARTS) is 1. The molecule has 1 unspecified atom stereocenters. The van der Waals surface area contributed by atoms with Crippen molar-refractivity contribution in [3.8, 4) is 5.75 Å². The molecule has 0 aromatic heterocycles. The first-order valence-corrected chi connectivity index (χ1v) is 6.59. The predicted octanol–water partition coefficient (Wildman–Crippen LogP) is 1.99. The van der Waals surface area contributed by atoms with Gasteiger partial charge in [-0.2, -0.15) is 0 Å². The average Bonchev–Trinajstić information content (AvgIpc) is 2.46. The maximum Gasteiger partial charge on any atom is 0.306 e. The van der Waals surface area contributed by atoms with E-state index >= 15 is 0 Å². The van der Waals surface area contributed by atoms with Gasteiger partial charge in [0.2, 0.25) is 0 Å². The largest absolute Gasteiger partial charge is 0.497 e. The zero-order chi connectivity index (χ0) is 14.8. The summed E-state index contributed by atoms with van der Waals surface area (Å²) in [4.78, 5) is 11.2. The first kappa shape index (κ1) is 16.5. The quantitative estimate of drug-likeness (QED) is 0.665. The van der Waals surface area contributed by atoms with E-state index in [0.29, 0.717) is 32.7 Å². The van der Waals surface area contributed by atoms with Gasteiger partial charge >= 0.3 is 5.97 Å². The molecule has 0 aliphatic heterocycles. The molecule has 1 aromatic rings. The summed E-state index contributed by atoms with van der Waals surface area (Å²) in [5, 5.41) is 9.23. The fraction of sp³-hybridized carbons (Fsp3) is 0.533. The number of hydrogen-bond acceptors (Lipinski definition) is 4. The summed E-state index contributed by atoms with van der Waals surface area (Å²) < 4.78 is 15.3. The lowest BCUT2D eigenvalue weighted by Crippen LogP contribution is -2.19. The van der Waals surface area contributed by atoms with Gasteiger partial charge in [0.15, 0.2) is 0 Å². The Labute approximate surface area is 119 Å². The molecule has 0 radical (unpaired) electrons. The van der Waals surface area contributed by atoms with Crippen molar-refractivity contribution in [1.29, 1.82) is 0 Å². The molecule has 1 N–H and O–H groups in total. The molecule has 0 spiro atoms. The number of carboxylic acids is 1. The highest BCUT2D eigenvalue weighted by atomic mass is 16.5. The van der Waals surface area contributed by atoms with Crippen molar-refractivity contribution in [3.63, 3.8) is 0 Å². The smallest absolute Gasteiger partial charge is 0.306 e. The van der Waals surface area contributed by atoms with Crippen LogP contribution in [0.15, 0.2) is 24.3 Å². The number of rotatable bonds is 10. The molecule has 0 saturated heterocycles. The Hall–Kier alpha value is -1.59. The van der Waals surface area contributed by atoms with E-state index in [1.54, 1.807) is 14.2 Å². The maximum absolute atomic E-state index is 11.2. The second-order valence-electron chi connectivity index (χ2n) is 4.48.